The van der Waals surface area contributed by atoms with Crippen molar-refractivity contribution in [2.45, 2.75) is 19.9 Å². The summed E-state index contributed by atoms with van der Waals surface area (Å²) in [5.74, 6) is -0.834. The smallest absolute Gasteiger partial charge is 0.128 e. The number of hydrogen-bond acceptors (Lipinski definition) is 1. The maximum atomic E-state index is 13.9. The molecule has 5 heteroatoms. The van der Waals surface area contributed by atoms with Crippen LogP contribution in [0.5, 0.6) is 0 Å². The molecule has 1 N–H and O–H groups in total. The average molecular weight is 361 g/mol. The molecule has 2 rings (SSSR count). The topological polar surface area (TPSA) is 12.0 Å². The first-order chi connectivity index (χ1) is 9.38. The number of rotatable bonds is 3. The largest absolute Gasteiger partial charge is 0.377 e. The molecule has 0 aromatic heterocycles. The van der Waals surface area contributed by atoms with Crippen LogP contribution in [-0.2, 0) is 0 Å². The molecule has 20 heavy (non-hydrogen) atoms. The van der Waals surface area contributed by atoms with Crippen molar-refractivity contribution < 1.29 is 8.78 Å². The van der Waals surface area contributed by atoms with Crippen molar-refractivity contribution in [3.05, 3.63) is 62.6 Å². The molecule has 0 aliphatic rings. The van der Waals surface area contributed by atoms with Gasteiger partial charge in [0.15, 0.2) is 0 Å². The molecule has 0 aliphatic carbocycles. The van der Waals surface area contributed by atoms with Crippen LogP contribution in [0.3, 0.4) is 0 Å². The highest BCUT2D eigenvalue weighted by atomic mass is 79.9. The molecule has 0 saturated heterocycles. The fourth-order valence-corrected chi connectivity index (χ4v) is 2.71. The Morgan fingerprint density at radius 3 is 2.50 bits per heavy atom. The van der Waals surface area contributed by atoms with E-state index in [2.05, 4.69) is 21.2 Å². The second kappa shape index (κ2) is 6.10. The van der Waals surface area contributed by atoms with Gasteiger partial charge >= 0.3 is 0 Å². The standard InChI is InChI=1S/C15H13BrClF2N/c1-8-5-14(19)11(7-13(8)18)9(2)20-15-4-3-10(17)6-12(15)16/h3-7,9,20H,1-2H3. The third kappa shape index (κ3) is 3.30. The lowest BCUT2D eigenvalue weighted by Crippen LogP contribution is -2.10. The summed E-state index contributed by atoms with van der Waals surface area (Å²) in [5, 5.41) is 3.73. The molecule has 106 valence electrons. The molecule has 1 nitrogen and oxygen atoms in total. The van der Waals surface area contributed by atoms with E-state index in [-0.39, 0.29) is 11.6 Å². The molecule has 0 aliphatic heterocycles. The summed E-state index contributed by atoms with van der Waals surface area (Å²) in [7, 11) is 0. The fourth-order valence-electron chi connectivity index (χ4n) is 1.91. The minimum absolute atomic E-state index is 0.287. The van der Waals surface area contributed by atoms with Crippen molar-refractivity contribution in [2.75, 3.05) is 5.32 Å². The zero-order valence-corrected chi connectivity index (χ0v) is 13.3. The monoisotopic (exact) mass is 359 g/mol. The molecular weight excluding hydrogens is 348 g/mol. The van der Waals surface area contributed by atoms with E-state index in [4.69, 9.17) is 11.6 Å². The van der Waals surface area contributed by atoms with Gasteiger partial charge in [0.1, 0.15) is 11.6 Å². The van der Waals surface area contributed by atoms with Crippen molar-refractivity contribution in [1.82, 2.24) is 0 Å². The van der Waals surface area contributed by atoms with Crippen molar-refractivity contribution in [2.24, 2.45) is 0 Å². The predicted molar refractivity (Wildman–Crippen MR) is 82.3 cm³/mol. The Hall–Kier alpha value is -1.13. The third-order valence-corrected chi connectivity index (χ3v) is 3.94. The van der Waals surface area contributed by atoms with Crippen LogP contribution in [0.25, 0.3) is 0 Å². The Balaban J connectivity index is 2.28. The fraction of sp³-hybridized carbons (Fsp3) is 0.200. The van der Waals surface area contributed by atoms with E-state index in [1.54, 1.807) is 25.1 Å². The highest BCUT2D eigenvalue weighted by Gasteiger charge is 2.14. The van der Waals surface area contributed by atoms with Gasteiger partial charge in [0.25, 0.3) is 0 Å². The molecule has 1 unspecified atom stereocenters. The van der Waals surface area contributed by atoms with Gasteiger partial charge in [0, 0.05) is 20.7 Å². The minimum atomic E-state index is -0.422. The summed E-state index contributed by atoms with van der Waals surface area (Å²) in [6.07, 6.45) is 0. The maximum Gasteiger partial charge on any atom is 0.128 e. The van der Waals surface area contributed by atoms with Crippen molar-refractivity contribution in [3.63, 3.8) is 0 Å². The number of nitrogens with one attached hydrogen (secondary N) is 1. The second-order valence-electron chi connectivity index (χ2n) is 4.61. The first kappa shape index (κ1) is 15.3. The summed E-state index contributed by atoms with van der Waals surface area (Å²) in [6, 6.07) is 7.32. The molecule has 0 fully saturated rings. The molecule has 0 heterocycles. The third-order valence-electron chi connectivity index (χ3n) is 3.05. The van der Waals surface area contributed by atoms with Crippen molar-refractivity contribution >= 4 is 33.2 Å². The van der Waals surface area contributed by atoms with Gasteiger partial charge in [-0.2, -0.15) is 0 Å². The Morgan fingerprint density at radius 1 is 1.15 bits per heavy atom. The van der Waals surface area contributed by atoms with Gasteiger partial charge in [0.05, 0.1) is 6.04 Å². The molecule has 0 bridgehead atoms. The van der Waals surface area contributed by atoms with E-state index in [1.165, 1.54) is 19.1 Å². The van der Waals surface area contributed by atoms with Gasteiger partial charge in [-0.1, -0.05) is 11.6 Å². The lowest BCUT2D eigenvalue weighted by molar-refractivity contribution is 0.571. The Labute approximate surface area is 130 Å². The van der Waals surface area contributed by atoms with Gasteiger partial charge in [0.2, 0.25) is 0 Å². The van der Waals surface area contributed by atoms with Gasteiger partial charge in [-0.15, -0.1) is 0 Å². The molecule has 0 spiro atoms. The predicted octanol–water partition coefficient (Wildman–Crippen LogP) is 5.86. The number of aryl methyl sites for hydroxylation is 1. The minimum Gasteiger partial charge on any atom is -0.377 e. The first-order valence-corrected chi connectivity index (χ1v) is 7.22. The van der Waals surface area contributed by atoms with E-state index in [0.717, 1.165) is 10.2 Å². The van der Waals surface area contributed by atoms with Crippen molar-refractivity contribution in [1.29, 1.82) is 0 Å². The number of benzene rings is 2. The quantitative estimate of drug-likeness (QED) is 0.722. The number of halogens is 4. The van der Waals surface area contributed by atoms with Gasteiger partial charge < -0.3 is 5.32 Å². The summed E-state index contributed by atoms with van der Waals surface area (Å²) < 4.78 is 28.2. The summed E-state index contributed by atoms with van der Waals surface area (Å²) in [4.78, 5) is 0. The van der Waals surface area contributed by atoms with Crippen LogP contribution in [0.4, 0.5) is 14.5 Å². The van der Waals surface area contributed by atoms with Crippen molar-refractivity contribution in [3.8, 4) is 0 Å². The Kier molecular flexibility index (Phi) is 4.66. The summed E-state index contributed by atoms with van der Waals surface area (Å²) >= 11 is 9.24. The molecule has 2 aromatic carbocycles. The van der Waals surface area contributed by atoms with E-state index in [1.807, 2.05) is 0 Å². The molecule has 0 radical (unpaired) electrons. The van der Waals surface area contributed by atoms with Crippen LogP contribution in [0.1, 0.15) is 24.1 Å². The molecule has 0 saturated carbocycles. The summed E-state index contributed by atoms with van der Waals surface area (Å²) in [6.45, 7) is 3.31. The number of anilines is 1. The first-order valence-electron chi connectivity index (χ1n) is 6.05. The van der Waals surface area contributed by atoms with Gasteiger partial charge in [-0.25, -0.2) is 8.78 Å². The van der Waals surface area contributed by atoms with Crippen LogP contribution >= 0.6 is 27.5 Å². The van der Waals surface area contributed by atoms with E-state index >= 15 is 0 Å². The summed E-state index contributed by atoms with van der Waals surface area (Å²) in [5.41, 5.74) is 1.35. The highest BCUT2D eigenvalue weighted by molar-refractivity contribution is 9.10. The lowest BCUT2D eigenvalue weighted by Gasteiger charge is -2.18. The van der Waals surface area contributed by atoms with E-state index in [9.17, 15) is 8.78 Å². The Bertz CT molecular complexity index is 646. The SMILES string of the molecule is Cc1cc(F)c(C(C)Nc2ccc(Cl)cc2Br)cc1F. The maximum absolute atomic E-state index is 13.9. The van der Waals surface area contributed by atoms with Crippen LogP contribution in [0, 0.1) is 18.6 Å². The molecular formula is C15H13BrClF2N. The lowest BCUT2D eigenvalue weighted by atomic mass is 10.0. The number of hydrogen-bond donors (Lipinski definition) is 1. The van der Waals surface area contributed by atoms with Gasteiger partial charge in [-0.05, 0) is 65.7 Å². The Morgan fingerprint density at radius 2 is 1.85 bits per heavy atom. The zero-order chi connectivity index (χ0) is 14.9. The van der Waals surface area contributed by atoms with Crippen LogP contribution in [0.2, 0.25) is 5.02 Å². The normalized spacial score (nSPS) is 12.3. The molecule has 0 amide bonds. The van der Waals surface area contributed by atoms with Crippen LogP contribution < -0.4 is 5.32 Å². The van der Waals surface area contributed by atoms with Gasteiger partial charge in [-0.3, -0.25) is 0 Å². The van der Waals surface area contributed by atoms with E-state index < -0.39 is 11.6 Å². The highest BCUT2D eigenvalue weighted by Crippen LogP contribution is 2.30. The second-order valence-corrected chi connectivity index (χ2v) is 5.90. The van der Waals surface area contributed by atoms with Crippen LogP contribution in [-0.4, -0.2) is 0 Å². The average Bonchev–Trinajstić information content (AvgIpc) is 2.37. The van der Waals surface area contributed by atoms with Crippen LogP contribution in [0.15, 0.2) is 34.8 Å². The molecule has 1 atom stereocenters. The van der Waals surface area contributed by atoms with E-state index in [0.29, 0.717) is 10.6 Å². The zero-order valence-electron chi connectivity index (χ0n) is 11.0. The molecule has 2 aromatic rings.